The van der Waals surface area contributed by atoms with Crippen molar-refractivity contribution in [2.45, 2.75) is 13.5 Å². The Morgan fingerprint density at radius 3 is 2.57 bits per heavy atom. The molecule has 3 rings (SSSR count). The molecule has 0 radical (unpaired) electrons. The molecule has 0 unspecified atom stereocenters. The zero-order valence-electron chi connectivity index (χ0n) is 15.7. The molecule has 3 aromatic rings. The normalized spacial score (nSPS) is 10.8. The summed E-state index contributed by atoms with van der Waals surface area (Å²) in [4.78, 5) is 27.3. The number of rotatable bonds is 7. The second kappa shape index (κ2) is 8.95. The summed E-state index contributed by atoms with van der Waals surface area (Å²) in [6.45, 7) is 1.29. The first-order valence-corrected chi connectivity index (χ1v) is 9.14. The Balaban J connectivity index is 1.86. The van der Waals surface area contributed by atoms with Gasteiger partial charge in [-0.25, -0.2) is 18.6 Å². The number of hydrogen-bond donors (Lipinski definition) is 3. The Kier molecular flexibility index (Phi) is 6.36. The van der Waals surface area contributed by atoms with E-state index in [2.05, 4.69) is 15.6 Å². The fourth-order valence-corrected chi connectivity index (χ4v) is 3.02. The number of amides is 2. The molecule has 0 bridgehead atoms. The number of nitrogens with zero attached hydrogens (tertiary/aromatic N) is 2. The molecule has 158 valence electrons. The van der Waals surface area contributed by atoms with Crippen LogP contribution in [-0.2, 0) is 6.61 Å². The second-order valence-electron chi connectivity index (χ2n) is 6.24. The molecule has 0 fully saturated rings. The minimum absolute atomic E-state index is 0.0280. The van der Waals surface area contributed by atoms with Crippen molar-refractivity contribution in [1.82, 2.24) is 20.0 Å². The Morgan fingerprint density at radius 2 is 1.90 bits per heavy atom. The summed E-state index contributed by atoms with van der Waals surface area (Å²) in [6, 6.07) is 4.93. The lowest BCUT2D eigenvalue weighted by Crippen LogP contribution is -2.34. The van der Waals surface area contributed by atoms with Gasteiger partial charge < -0.3 is 20.5 Å². The van der Waals surface area contributed by atoms with Gasteiger partial charge in [0.2, 0.25) is 0 Å². The van der Waals surface area contributed by atoms with Crippen molar-refractivity contribution < 1.29 is 28.2 Å². The lowest BCUT2D eigenvalue weighted by atomic mass is 10.2. The van der Waals surface area contributed by atoms with Gasteiger partial charge in [-0.1, -0.05) is 17.7 Å². The zero-order valence-corrected chi connectivity index (χ0v) is 16.5. The molecule has 1 aromatic carbocycles. The second-order valence-corrected chi connectivity index (χ2v) is 6.68. The molecule has 0 aliphatic carbocycles. The molecule has 30 heavy (non-hydrogen) atoms. The third kappa shape index (κ3) is 4.60. The van der Waals surface area contributed by atoms with Gasteiger partial charge in [-0.3, -0.25) is 9.20 Å². The highest BCUT2D eigenvalue weighted by Crippen LogP contribution is 2.28. The van der Waals surface area contributed by atoms with Crippen LogP contribution >= 0.6 is 11.6 Å². The van der Waals surface area contributed by atoms with Gasteiger partial charge >= 0.3 is 6.09 Å². The summed E-state index contributed by atoms with van der Waals surface area (Å²) in [5.74, 6) is -1.86. The summed E-state index contributed by atoms with van der Waals surface area (Å²) in [6.07, 6.45) is 0.257. The number of nitrogens with one attached hydrogen (secondary N) is 2. The van der Waals surface area contributed by atoms with E-state index in [-0.39, 0.29) is 40.8 Å². The summed E-state index contributed by atoms with van der Waals surface area (Å²) >= 11 is 6.13. The number of aromatic nitrogens is 2. The van der Waals surface area contributed by atoms with Crippen LogP contribution in [-0.4, -0.2) is 39.6 Å². The topological polar surface area (TPSA) is 105 Å². The van der Waals surface area contributed by atoms with Crippen molar-refractivity contribution in [2.24, 2.45) is 0 Å². The lowest BCUT2D eigenvalue weighted by Gasteiger charge is -2.11. The van der Waals surface area contributed by atoms with Gasteiger partial charge in [0.05, 0.1) is 16.3 Å². The van der Waals surface area contributed by atoms with Crippen LogP contribution in [0.4, 0.5) is 13.6 Å². The number of carboxylic acid groups (broad SMARTS) is 1. The van der Waals surface area contributed by atoms with Gasteiger partial charge in [-0.05, 0) is 19.1 Å². The average Bonchev–Trinajstić information content (AvgIpc) is 3.00. The van der Waals surface area contributed by atoms with Crippen molar-refractivity contribution in [3.8, 4) is 5.75 Å². The summed E-state index contributed by atoms with van der Waals surface area (Å²) < 4.78 is 34.7. The van der Waals surface area contributed by atoms with Crippen LogP contribution in [0.3, 0.4) is 0 Å². The molecule has 0 spiro atoms. The maximum atomic E-state index is 13.9. The number of benzene rings is 1. The number of ether oxygens (including phenoxy) is 1. The smallest absolute Gasteiger partial charge is 0.404 e. The molecular formula is C19H17ClF2N4O4. The van der Waals surface area contributed by atoms with Crippen molar-refractivity contribution in [2.75, 3.05) is 13.1 Å². The Bertz CT molecular complexity index is 1100. The fraction of sp³-hybridized carbons (Fsp3) is 0.211. The monoisotopic (exact) mass is 438 g/mol. The number of halogens is 3. The quantitative estimate of drug-likeness (QED) is 0.491. The summed E-state index contributed by atoms with van der Waals surface area (Å²) in [5.41, 5.74) is 0.526. The van der Waals surface area contributed by atoms with Crippen LogP contribution in [0, 0.1) is 18.6 Å². The standard InChI is InChI=1S/C19H17ClF2N4O4/c1-10-16(18(27)23-5-6-24-19(28)29)26-8-11(20)7-15(17(26)25-10)30-9-12-13(21)3-2-4-14(12)22/h2-4,7-8,24H,5-6,9H2,1H3,(H,23,27)(H,28,29). The van der Waals surface area contributed by atoms with E-state index in [9.17, 15) is 18.4 Å². The minimum atomic E-state index is -1.20. The van der Waals surface area contributed by atoms with Crippen molar-refractivity contribution >= 4 is 29.2 Å². The molecule has 3 N–H and O–H groups in total. The van der Waals surface area contributed by atoms with Crippen LogP contribution in [0.2, 0.25) is 5.02 Å². The highest BCUT2D eigenvalue weighted by molar-refractivity contribution is 6.30. The van der Waals surface area contributed by atoms with Gasteiger partial charge in [-0.2, -0.15) is 0 Å². The van der Waals surface area contributed by atoms with Crippen LogP contribution in [0.5, 0.6) is 5.75 Å². The predicted octanol–water partition coefficient (Wildman–Crippen LogP) is 3.15. The van der Waals surface area contributed by atoms with E-state index in [0.29, 0.717) is 5.69 Å². The van der Waals surface area contributed by atoms with E-state index >= 15 is 0 Å². The van der Waals surface area contributed by atoms with Crippen LogP contribution in [0.15, 0.2) is 30.5 Å². The molecule has 0 atom stereocenters. The Labute approximate surface area is 174 Å². The average molecular weight is 439 g/mol. The molecule has 0 aliphatic rings. The third-order valence-corrected chi connectivity index (χ3v) is 4.37. The van der Waals surface area contributed by atoms with Gasteiger partial charge in [-0.15, -0.1) is 0 Å². The number of imidazole rings is 1. The third-order valence-electron chi connectivity index (χ3n) is 4.16. The maximum absolute atomic E-state index is 13.9. The van der Waals surface area contributed by atoms with E-state index in [1.807, 2.05) is 0 Å². The van der Waals surface area contributed by atoms with Crippen LogP contribution in [0.1, 0.15) is 21.7 Å². The lowest BCUT2D eigenvalue weighted by molar-refractivity contribution is 0.0946. The van der Waals surface area contributed by atoms with Crippen molar-refractivity contribution in [3.63, 3.8) is 0 Å². The predicted molar refractivity (Wildman–Crippen MR) is 104 cm³/mol. The van der Waals surface area contributed by atoms with Crippen molar-refractivity contribution in [3.05, 3.63) is 64.1 Å². The molecule has 2 aromatic heterocycles. The number of pyridine rings is 1. The molecule has 0 saturated carbocycles. The van der Waals surface area contributed by atoms with Gasteiger partial charge in [0, 0.05) is 25.4 Å². The Hall–Kier alpha value is -3.40. The SMILES string of the molecule is Cc1nc2c(OCc3c(F)cccc3F)cc(Cl)cn2c1C(=O)NCCNC(=O)O. The molecule has 0 aliphatic heterocycles. The van der Waals surface area contributed by atoms with Crippen LogP contribution in [0.25, 0.3) is 5.65 Å². The highest BCUT2D eigenvalue weighted by Gasteiger charge is 2.20. The first-order chi connectivity index (χ1) is 14.3. The molecule has 2 amide bonds. The number of carbonyl (C=O) groups excluding carboxylic acids is 1. The number of hydrogen-bond acceptors (Lipinski definition) is 4. The van der Waals surface area contributed by atoms with E-state index in [1.54, 1.807) is 6.92 Å². The Morgan fingerprint density at radius 1 is 1.23 bits per heavy atom. The largest absolute Gasteiger partial charge is 0.485 e. The summed E-state index contributed by atoms with van der Waals surface area (Å²) in [5, 5.41) is 13.5. The van der Waals surface area contributed by atoms with E-state index in [1.165, 1.54) is 22.7 Å². The molecule has 11 heteroatoms. The van der Waals surface area contributed by atoms with Crippen LogP contribution < -0.4 is 15.4 Å². The molecule has 2 heterocycles. The van der Waals surface area contributed by atoms with E-state index in [4.69, 9.17) is 21.4 Å². The van der Waals surface area contributed by atoms with E-state index in [0.717, 1.165) is 12.1 Å². The van der Waals surface area contributed by atoms with E-state index < -0.39 is 30.2 Å². The number of carbonyl (C=O) groups is 2. The number of aryl methyl sites for hydroxylation is 1. The molecule has 8 nitrogen and oxygen atoms in total. The number of fused-ring (bicyclic) bond motifs is 1. The minimum Gasteiger partial charge on any atom is -0.485 e. The first-order valence-electron chi connectivity index (χ1n) is 8.76. The summed E-state index contributed by atoms with van der Waals surface area (Å²) in [7, 11) is 0. The van der Waals surface area contributed by atoms with Crippen molar-refractivity contribution in [1.29, 1.82) is 0 Å². The van der Waals surface area contributed by atoms with Gasteiger partial charge in [0.15, 0.2) is 11.4 Å². The highest BCUT2D eigenvalue weighted by atomic mass is 35.5. The molecular weight excluding hydrogens is 422 g/mol. The first kappa shape index (κ1) is 21.3. The zero-order chi connectivity index (χ0) is 21.8. The maximum Gasteiger partial charge on any atom is 0.404 e. The molecule has 0 saturated heterocycles. The fourth-order valence-electron chi connectivity index (χ4n) is 2.83. The van der Waals surface area contributed by atoms with Gasteiger partial charge in [0.25, 0.3) is 5.91 Å². The van der Waals surface area contributed by atoms with Gasteiger partial charge in [0.1, 0.15) is 23.9 Å².